The van der Waals surface area contributed by atoms with Gasteiger partial charge < -0.3 is 5.32 Å². The van der Waals surface area contributed by atoms with Crippen LogP contribution in [0.15, 0.2) is 42.5 Å². The Bertz CT molecular complexity index is 634. The smallest absolute Gasteiger partial charge is 0.254 e. The molecule has 3 heteroatoms. The molecule has 1 amide bonds. The number of hydrogen-bond donors (Lipinski definition) is 1. The molecule has 2 aromatic carbocycles. The number of amides is 1. The van der Waals surface area contributed by atoms with Gasteiger partial charge in [0.1, 0.15) is 5.82 Å². The molecule has 110 valence electrons. The van der Waals surface area contributed by atoms with Crippen LogP contribution < -0.4 is 5.32 Å². The van der Waals surface area contributed by atoms with E-state index < -0.39 is 5.82 Å². The molecule has 0 aliphatic carbocycles. The summed E-state index contributed by atoms with van der Waals surface area (Å²) in [7, 11) is 0. The van der Waals surface area contributed by atoms with Gasteiger partial charge in [-0.3, -0.25) is 4.79 Å². The molecule has 0 fully saturated rings. The molecule has 0 bridgehead atoms. The minimum absolute atomic E-state index is 0.0890. The number of nitrogens with one attached hydrogen (secondary N) is 1. The zero-order valence-electron chi connectivity index (χ0n) is 12.6. The molecule has 0 aliphatic rings. The number of carbonyl (C=O) groups excluding carboxylic acids is 1. The molecule has 2 nitrogen and oxygen atoms in total. The Hall–Kier alpha value is -2.16. The van der Waals surface area contributed by atoms with Crippen molar-refractivity contribution in [1.29, 1.82) is 0 Å². The minimum Gasteiger partial charge on any atom is -0.345 e. The molecule has 0 saturated carbocycles. The summed E-state index contributed by atoms with van der Waals surface area (Å²) in [5, 5.41) is 2.90. The molecule has 1 N–H and O–H groups in total. The van der Waals surface area contributed by atoms with Crippen LogP contribution in [0, 0.1) is 19.7 Å². The lowest BCUT2D eigenvalue weighted by molar-refractivity contribution is 0.0931. The van der Waals surface area contributed by atoms with E-state index in [0.29, 0.717) is 0 Å². The summed E-state index contributed by atoms with van der Waals surface area (Å²) < 4.78 is 13.8. The highest BCUT2D eigenvalue weighted by molar-refractivity contribution is 5.94. The number of carbonyl (C=O) groups is 1. The molecule has 0 spiro atoms. The van der Waals surface area contributed by atoms with Crippen molar-refractivity contribution in [3.63, 3.8) is 0 Å². The molecule has 0 radical (unpaired) electrons. The van der Waals surface area contributed by atoms with Crippen LogP contribution in [0.5, 0.6) is 0 Å². The van der Waals surface area contributed by atoms with Crippen molar-refractivity contribution in [3.05, 3.63) is 70.5 Å². The van der Waals surface area contributed by atoms with Gasteiger partial charge in [-0.05, 0) is 43.5 Å². The Morgan fingerprint density at radius 1 is 1.10 bits per heavy atom. The standard InChI is InChI=1S/C18H20FNO/c1-4-17(14-8-5-12(2)6-9-14)20-18(21)15-10-7-13(3)11-16(15)19/h5-11,17H,4H2,1-3H3,(H,20,21). The Labute approximate surface area is 125 Å². The molecule has 0 heterocycles. The van der Waals surface area contributed by atoms with Crippen LogP contribution in [-0.4, -0.2) is 5.91 Å². The Kier molecular flexibility index (Phi) is 4.73. The molecule has 0 aliphatic heterocycles. The van der Waals surface area contributed by atoms with E-state index in [2.05, 4.69) is 5.32 Å². The van der Waals surface area contributed by atoms with Crippen LogP contribution in [0.1, 0.15) is 46.4 Å². The number of hydrogen-bond acceptors (Lipinski definition) is 1. The molecule has 21 heavy (non-hydrogen) atoms. The predicted octanol–water partition coefficient (Wildman–Crippen LogP) is 4.32. The first-order valence-electron chi connectivity index (χ1n) is 7.15. The highest BCUT2D eigenvalue weighted by Crippen LogP contribution is 2.19. The zero-order chi connectivity index (χ0) is 15.4. The van der Waals surface area contributed by atoms with E-state index in [0.717, 1.165) is 17.5 Å². The maximum Gasteiger partial charge on any atom is 0.254 e. The van der Waals surface area contributed by atoms with E-state index in [1.165, 1.54) is 17.7 Å². The lowest BCUT2D eigenvalue weighted by atomic mass is 10.0. The number of aryl methyl sites for hydroxylation is 2. The van der Waals surface area contributed by atoms with E-state index in [4.69, 9.17) is 0 Å². The van der Waals surface area contributed by atoms with Crippen molar-refractivity contribution in [2.45, 2.75) is 33.2 Å². The summed E-state index contributed by atoms with van der Waals surface area (Å²) in [6.07, 6.45) is 0.752. The van der Waals surface area contributed by atoms with Gasteiger partial charge in [-0.1, -0.05) is 42.8 Å². The molecule has 1 unspecified atom stereocenters. The third kappa shape index (κ3) is 3.69. The van der Waals surface area contributed by atoms with Crippen LogP contribution in [0.4, 0.5) is 4.39 Å². The fraction of sp³-hybridized carbons (Fsp3) is 0.278. The Morgan fingerprint density at radius 3 is 2.29 bits per heavy atom. The molecular formula is C18H20FNO. The van der Waals surface area contributed by atoms with Gasteiger partial charge in [0.2, 0.25) is 0 Å². The van der Waals surface area contributed by atoms with Crippen molar-refractivity contribution < 1.29 is 9.18 Å². The van der Waals surface area contributed by atoms with Gasteiger partial charge >= 0.3 is 0 Å². The lowest BCUT2D eigenvalue weighted by Gasteiger charge is -2.18. The van der Waals surface area contributed by atoms with Crippen LogP contribution in [0.2, 0.25) is 0 Å². The fourth-order valence-electron chi connectivity index (χ4n) is 2.26. The van der Waals surface area contributed by atoms with Crippen LogP contribution in [0.25, 0.3) is 0 Å². The van der Waals surface area contributed by atoms with E-state index in [-0.39, 0.29) is 17.5 Å². The Balaban J connectivity index is 2.18. The second-order valence-corrected chi connectivity index (χ2v) is 5.33. The van der Waals surface area contributed by atoms with E-state index >= 15 is 0 Å². The third-order valence-corrected chi connectivity index (χ3v) is 3.56. The van der Waals surface area contributed by atoms with Gasteiger partial charge in [0, 0.05) is 0 Å². The van der Waals surface area contributed by atoms with Gasteiger partial charge in [0.25, 0.3) is 5.91 Å². The summed E-state index contributed by atoms with van der Waals surface area (Å²) in [4.78, 5) is 12.2. The Morgan fingerprint density at radius 2 is 1.71 bits per heavy atom. The SMILES string of the molecule is CCC(NC(=O)c1ccc(C)cc1F)c1ccc(C)cc1. The normalized spacial score (nSPS) is 12.0. The molecule has 0 aromatic heterocycles. The second kappa shape index (κ2) is 6.53. The van der Waals surface area contributed by atoms with Gasteiger partial charge in [-0.25, -0.2) is 4.39 Å². The predicted molar refractivity (Wildman–Crippen MR) is 82.8 cm³/mol. The van der Waals surface area contributed by atoms with Gasteiger partial charge in [-0.15, -0.1) is 0 Å². The van der Waals surface area contributed by atoms with Crippen LogP contribution in [-0.2, 0) is 0 Å². The first-order valence-corrected chi connectivity index (χ1v) is 7.15. The maximum absolute atomic E-state index is 13.8. The largest absolute Gasteiger partial charge is 0.345 e. The van der Waals surface area contributed by atoms with Gasteiger partial charge in [-0.2, -0.15) is 0 Å². The molecule has 2 rings (SSSR count). The molecule has 0 saturated heterocycles. The molecular weight excluding hydrogens is 265 g/mol. The van der Waals surface area contributed by atoms with Crippen molar-refractivity contribution in [2.24, 2.45) is 0 Å². The van der Waals surface area contributed by atoms with E-state index in [1.807, 2.05) is 38.1 Å². The molecule has 2 aromatic rings. The zero-order valence-corrected chi connectivity index (χ0v) is 12.6. The highest BCUT2D eigenvalue weighted by Gasteiger charge is 2.16. The minimum atomic E-state index is -0.480. The number of halogens is 1. The molecule has 1 atom stereocenters. The summed E-state index contributed by atoms with van der Waals surface area (Å²) in [6.45, 7) is 5.81. The average Bonchev–Trinajstić information content (AvgIpc) is 2.45. The summed E-state index contributed by atoms with van der Waals surface area (Å²) in [5.41, 5.74) is 3.09. The first kappa shape index (κ1) is 15.2. The monoisotopic (exact) mass is 285 g/mol. The fourth-order valence-corrected chi connectivity index (χ4v) is 2.26. The van der Waals surface area contributed by atoms with Crippen LogP contribution in [0.3, 0.4) is 0 Å². The number of benzene rings is 2. The van der Waals surface area contributed by atoms with Gasteiger partial charge in [0.05, 0.1) is 11.6 Å². The second-order valence-electron chi connectivity index (χ2n) is 5.33. The van der Waals surface area contributed by atoms with Crippen molar-refractivity contribution in [2.75, 3.05) is 0 Å². The third-order valence-electron chi connectivity index (χ3n) is 3.56. The highest BCUT2D eigenvalue weighted by atomic mass is 19.1. The van der Waals surface area contributed by atoms with Crippen molar-refractivity contribution >= 4 is 5.91 Å². The summed E-state index contributed by atoms with van der Waals surface area (Å²) in [5.74, 6) is -0.855. The number of rotatable bonds is 4. The topological polar surface area (TPSA) is 29.1 Å². The maximum atomic E-state index is 13.8. The summed E-state index contributed by atoms with van der Waals surface area (Å²) in [6, 6.07) is 12.5. The summed E-state index contributed by atoms with van der Waals surface area (Å²) >= 11 is 0. The average molecular weight is 285 g/mol. The quantitative estimate of drug-likeness (QED) is 0.890. The van der Waals surface area contributed by atoms with Crippen molar-refractivity contribution in [3.8, 4) is 0 Å². The first-order chi connectivity index (χ1) is 10.0. The van der Waals surface area contributed by atoms with Crippen molar-refractivity contribution in [1.82, 2.24) is 5.32 Å². The lowest BCUT2D eigenvalue weighted by Crippen LogP contribution is -2.28. The van der Waals surface area contributed by atoms with E-state index in [1.54, 1.807) is 13.0 Å². The van der Waals surface area contributed by atoms with E-state index in [9.17, 15) is 9.18 Å². The van der Waals surface area contributed by atoms with Gasteiger partial charge in [0.15, 0.2) is 0 Å². The van der Waals surface area contributed by atoms with Crippen LogP contribution >= 0.6 is 0 Å².